The summed E-state index contributed by atoms with van der Waals surface area (Å²) in [6, 6.07) is 5.34. The molecule has 0 spiro atoms. The summed E-state index contributed by atoms with van der Waals surface area (Å²) in [5.41, 5.74) is 1.19. The number of anilines is 1. The van der Waals surface area contributed by atoms with E-state index in [2.05, 4.69) is 17.6 Å². The number of hydrogen-bond acceptors (Lipinski definition) is 4. The average Bonchev–Trinajstić information content (AvgIpc) is 2.71. The van der Waals surface area contributed by atoms with Gasteiger partial charge in [-0.15, -0.1) is 0 Å². The number of aryl methyl sites for hydroxylation is 1. The zero-order valence-electron chi connectivity index (χ0n) is 17.7. The number of nitrogens with one attached hydrogen (secondary N) is 1. The number of amides is 1. The van der Waals surface area contributed by atoms with Crippen LogP contribution in [0.2, 0.25) is 0 Å². The van der Waals surface area contributed by atoms with Gasteiger partial charge in [-0.05, 0) is 50.8 Å². The van der Waals surface area contributed by atoms with Gasteiger partial charge < -0.3 is 15.4 Å². The molecule has 1 heterocycles. The third kappa shape index (κ3) is 5.36. The van der Waals surface area contributed by atoms with E-state index in [4.69, 9.17) is 4.74 Å². The summed E-state index contributed by atoms with van der Waals surface area (Å²) >= 11 is 0. The number of benzene rings is 1. The van der Waals surface area contributed by atoms with Crippen molar-refractivity contribution in [2.45, 2.75) is 63.4 Å². The Bertz CT molecular complexity index is 821. The van der Waals surface area contributed by atoms with Crippen molar-refractivity contribution in [3.05, 3.63) is 23.8 Å². The Morgan fingerprint density at radius 1 is 1.24 bits per heavy atom. The smallest absolute Gasteiger partial charge is 0.282 e. The highest BCUT2D eigenvalue weighted by Gasteiger charge is 2.30. The van der Waals surface area contributed by atoms with Gasteiger partial charge in [0.15, 0.2) is 6.04 Å². The van der Waals surface area contributed by atoms with Crippen LogP contribution in [0.5, 0.6) is 0 Å². The van der Waals surface area contributed by atoms with Crippen molar-refractivity contribution in [1.29, 1.82) is 0 Å². The number of hydrogen-bond donors (Lipinski definition) is 2. The topological polar surface area (TPSA) is 92.3 Å². The number of quaternary nitrogens is 1. The molecule has 2 aliphatic rings. The fourth-order valence-electron chi connectivity index (χ4n) is 4.23. The average molecular weight is 425 g/mol. The number of morpholine rings is 1. The highest BCUT2D eigenvalue weighted by Crippen LogP contribution is 2.25. The van der Waals surface area contributed by atoms with Crippen molar-refractivity contribution in [2.24, 2.45) is 5.92 Å². The van der Waals surface area contributed by atoms with E-state index in [1.165, 1.54) is 23.6 Å². The SMILES string of the molecule is Cc1ccc(NC(=O)[C@@H](C)[NH2+][C@H]2CCCC[C@@H]2C)cc1S(=O)(=O)N1CCOCC1. The van der Waals surface area contributed by atoms with Gasteiger partial charge in [0.05, 0.1) is 24.2 Å². The lowest BCUT2D eigenvalue weighted by Gasteiger charge is -2.28. The fourth-order valence-corrected chi connectivity index (χ4v) is 5.89. The second-order valence-electron chi connectivity index (χ2n) is 8.39. The van der Waals surface area contributed by atoms with Gasteiger partial charge in [0.2, 0.25) is 10.0 Å². The van der Waals surface area contributed by atoms with Crippen LogP contribution in [0.3, 0.4) is 0 Å². The van der Waals surface area contributed by atoms with Gasteiger partial charge in [-0.2, -0.15) is 4.31 Å². The molecular weight excluding hydrogens is 390 g/mol. The predicted molar refractivity (Wildman–Crippen MR) is 112 cm³/mol. The molecule has 1 saturated heterocycles. The molecule has 1 aliphatic heterocycles. The molecule has 3 N–H and O–H groups in total. The normalized spacial score (nSPS) is 24.8. The molecule has 0 radical (unpaired) electrons. The van der Waals surface area contributed by atoms with Crippen molar-refractivity contribution in [1.82, 2.24) is 4.31 Å². The van der Waals surface area contributed by atoms with Gasteiger partial charge in [-0.25, -0.2) is 8.42 Å². The molecule has 1 aliphatic carbocycles. The van der Waals surface area contributed by atoms with Crippen LogP contribution in [0, 0.1) is 12.8 Å². The first kappa shape index (κ1) is 22.2. The zero-order chi connectivity index (χ0) is 21.0. The van der Waals surface area contributed by atoms with E-state index in [9.17, 15) is 13.2 Å². The van der Waals surface area contributed by atoms with Gasteiger partial charge in [0.1, 0.15) is 0 Å². The second-order valence-corrected chi connectivity index (χ2v) is 10.3. The van der Waals surface area contributed by atoms with E-state index in [0.717, 1.165) is 6.42 Å². The van der Waals surface area contributed by atoms with Crippen molar-refractivity contribution < 1.29 is 23.3 Å². The Morgan fingerprint density at radius 2 is 1.93 bits per heavy atom. The number of nitrogens with two attached hydrogens (primary N) is 1. The molecular formula is C21H34N3O4S+. The zero-order valence-corrected chi connectivity index (χ0v) is 18.5. The van der Waals surface area contributed by atoms with Crippen molar-refractivity contribution in [2.75, 3.05) is 31.6 Å². The Morgan fingerprint density at radius 3 is 2.62 bits per heavy atom. The number of carbonyl (C=O) groups excluding carboxylic acids is 1. The third-order valence-corrected chi connectivity index (χ3v) is 8.21. The van der Waals surface area contributed by atoms with Crippen LogP contribution in [-0.2, 0) is 19.6 Å². The van der Waals surface area contributed by atoms with Crippen molar-refractivity contribution in [3.63, 3.8) is 0 Å². The summed E-state index contributed by atoms with van der Waals surface area (Å²) in [4.78, 5) is 13.0. The lowest BCUT2D eigenvalue weighted by Crippen LogP contribution is -2.97. The number of nitrogens with zero attached hydrogens (tertiary/aromatic N) is 1. The van der Waals surface area contributed by atoms with Gasteiger partial charge >= 0.3 is 0 Å². The number of ether oxygens (including phenoxy) is 1. The second kappa shape index (κ2) is 9.55. The van der Waals surface area contributed by atoms with E-state index >= 15 is 0 Å². The van der Waals surface area contributed by atoms with Gasteiger partial charge in [0, 0.05) is 24.7 Å². The minimum absolute atomic E-state index is 0.0960. The monoisotopic (exact) mass is 424 g/mol. The molecule has 1 saturated carbocycles. The minimum atomic E-state index is -3.61. The van der Waals surface area contributed by atoms with Crippen molar-refractivity contribution in [3.8, 4) is 0 Å². The summed E-state index contributed by atoms with van der Waals surface area (Å²) in [7, 11) is -3.61. The summed E-state index contributed by atoms with van der Waals surface area (Å²) in [6.45, 7) is 7.46. The molecule has 7 nitrogen and oxygen atoms in total. The van der Waals surface area contributed by atoms with Gasteiger partial charge in [-0.3, -0.25) is 4.79 Å². The van der Waals surface area contributed by atoms with Crippen LogP contribution in [0.15, 0.2) is 23.1 Å². The maximum atomic E-state index is 13.0. The predicted octanol–water partition coefficient (Wildman–Crippen LogP) is 1.49. The van der Waals surface area contributed by atoms with Crippen LogP contribution >= 0.6 is 0 Å². The number of carbonyl (C=O) groups is 1. The molecule has 1 aromatic carbocycles. The number of rotatable bonds is 6. The van der Waals surface area contributed by atoms with E-state index < -0.39 is 10.0 Å². The molecule has 0 aromatic heterocycles. The molecule has 1 amide bonds. The molecule has 1 aromatic rings. The van der Waals surface area contributed by atoms with Crippen LogP contribution in [0.1, 0.15) is 45.1 Å². The van der Waals surface area contributed by atoms with E-state index in [0.29, 0.717) is 49.5 Å². The Balaban J connectivity index is 1.69. The summed E-state index contributed by atoms with van der Waals surface area (Å²) in [5.74, 6) is 0.519. The standard InChI is InChI=1S/C21H33N3O4S/c1-15-6-4-5-7-19(15)22-17(3)21(25)23-18-9-8-16(2)20(14-18)29(26,27)24-10-12-28-13-11-24/h8-9,14-15,17,19,22H,4-7,10-13H2,1-3H3,(H,23,25)/p+1/t15-,17+,19-/m0/s1. The van der Waals surface area contributed by atoms with Crippen LogP contribution in [0.25, 0.3) is 0 Å². The molecule has 0 unspecified atom stereocenters. The summed E-state index contributed by atoms with van der Waals surface area (Å²) in [5, 5.41) is 5.08. The lowest BCUT2D eigenvalue weighted by atomic mass is 9.85. The van der Waals surface area contributed by atoms with E-state index in [-0.39, 0.29) is 16.8 Å². The van der Waals surface area contributed by atoms with Crippen molar-refractivity contribution >= 4 is 21.6 Å². The largest absolute Gasteiger partial charge is 0.379 e. The minimum Gasteiger partial charge on any atom is -0.379 e. The number of sulfonamides is 1. The van der Waals surface area contributed by atoms with Crippen LogP contribution in [0.4, 0.5) is 5.69 Å². The van der Waals surface area contributed by atoms with E-state index in [1.54, 1.807) is 25.1 Å². The maximum Gasteiger partial charge on any atom is 0.282 e. The first-order chi connectivity index (χ1) is 13.8. The first-order valence-electron chi connectivity index (χ1n) is 10.6. The highest BCUT2D eigenvalue weighted by molar-refractivity contribution is 7.89. The summed E-state index contributed by atoms with van der Waals surface area (Å²) in [6.07, 6.45) is 4.86. The maximum absolute atomic E-state index is 13.0. The fraction of sp³-hybridized carbons (Fsp3) is 0.667. The Hall–Kier alpha value is -1.48. The molecule has 2 fully saturated rings. The molecule has 3 rings (SSSR count). The van der Waals surface area contributed by atoms with Gasteiger partial charge in [0.25, 0.3) is 5.91 Å². The quantitative estimate of drug-likeness (QED) is 0.724. The third-order valence-electron chi connectivity index (χ3n) is 6.17. The lowest BCUT2D eigenvalue weighted by molar-refractivity contribution is -0.714. The van der Waals surface area contributed by atoms with Gasteiger partial charge in [-0.1, -0.05) is 19.4 Å². The highest BCUT2D eigenvalue weighted by atomic mass is 32.2. The molecule has 8 heteroatoms. The molecule has 0 bridgehead atoms. The molecule has 162 valence electrons. The molecule has 29 heavy (non-hydrogen) atoms. The Labute approximate surface area is 174 Å². The molecule has 3 atom stereocenters. The van der Waals surface area contributed by atoms with Crippen LogP contribution < -0.4 is 10.6 Å². The van der Waals surface area contributed by atoms with E-state index in [1.807, 2.05) is 6.92 Å². The Kier molecular flexibility index (Phi) is 7.32. The first-order valence-corrected chi connectivity index (χ1v) is 12.1. The van der Waals surface area contributed by atoms with Crippen LogP contribution in [-0.4, -0.2) is 57.0 Å². The summed E-state index contributed by atoms with van der Waals surface area (Å²) < 4.78 is 32.8.